The van der Waals surface area contributed by atoms with E-state index >= 15 is 0 Å². The molecular formula is C13H12F2N2O2. The Balaban J connectivity index is 1.80. The summed E-state index contributed by atoms with van der Waals surface area (Å²) in [5.74, 6) is -0.578. The summed E-state index contributed by atoms with van der Waals surface area (Å²) in [6.45, 7) is 0.671. The minimum absolute atomic E-state index is 0.0330. The lowest BCUT2D eigenvalue weighted by Gasteiger charge is -2.01. The molecule has 1 saturated heterocycles. The van der Waals surface area contributed by atoms with Crippen LogP contribution in [0.5, 0.6) is 0 Å². The molecule has 2 aromatic rings. The maximum atomic E-state index is 13.5. The molecule has 1 atom stereocenters. The number of rotatable bonds is 3. The predicted octanol–water partition coefficient (Wildman–Crippen LogP) is 2.79. The molecule has 4 nitrogen and oxygen atoms in total. The molecule has 0 amide bonds. The molecule has 6 heteroatoms. The fourth-order valence-electron chi connectivity index (χ4n) is 2.10. The normalized spacial score (nSPS) is 18.9. The Morgan fingerprint density at radius 2 is 2.05 bits per heavy atom. The molecule has 0 bridgehead atoms. The Morgan fingerprint density at radius 1 is 1.26 bits per heavy atom. The molecule has 1 aliphatic rings. The van der Waals surface area contributed by atoms with Crippen molar-refractivity contribution in [2.45, 2.75) is 25.4 Å². The zero-order valence-electron chi connectivity index (χ0n) is 10.1. The van der Waals surface area contributed by atoms with Crippen molar-refractivity contribution in [1.29, 1.82) is 0 Å². The Morgan fingerprint density at radius 3 is 2.74 bits per heavy atom. The van der Waals surface area contributed by atoms with Crippen LogP contribution >= 0.6 is 0 Å². The van der Waals surface area contributed by atoms with Crippen molar-refractivity contribution in [3.05, 3.63) is 47.1 Å². The van der Waals surface area contributed by atoms with Crippen LogP contribution in [0.2, 0.25) is 0 Å². The van der Waals surface area contributed by atoms with Gasteiger partial charge in [-0.25, -0.2) is 8.78 Å². The Bertz CT molecular complexity index is 560. The molecule has 1 fully saturated rings. The lowest BCUT2D eigenvalue weighted by Crippen LogP contribution is -2.00. The highest BCUT2D eigenvalue weighted by molar-refractivity contribution is 5.22. The first-order valence-corrected chi connectivity index (χ1v) is 6.11. The van der Waals surface area contributed by atoms with Crippen LogP contribution in [0.25, 0.3) is 0 Å². The molecule has 19 heavy (non-hydrogen) atoms. The Hall–Kier alpha value is -1.82. The monoisotopic (exact) mass is 266 g/mol. The molecule has 2 heterocycles. The predicted molar refractivity (Wildman–Crippen MR) is 61.4 cm³/mol. The van der Waals surface area contributed by atoms with E-state index in [1.807, 2.05) is 0 Å². The second-order valence-electron chi connectivity index (χ2n) is 4.43. The standard InChI is InChI=1S/C13H12F2N2O2/c14-9-3-1-4-10(15)8(9)7-12-16-13(19-17-12)11-5-2-6-18-11/h1,3-4,11H,2,5-7H2. The third-order valence-electron chi connectivity index (χ3n) is 3.09. The molecule has 1 aromatic heterocycles. The fraction of sp³-hybridized carbons (Fsp3) is 0.385. The van der Waals surface area contributed by atoms with Gasteiger partial charge in [0.25, 0.3) is 5.89 Å². The summed E-state index contributed by atoms with van der Waals surface area (Å²) >= 11 is 0. The minimum atomic E-state index is -0.608. The molecular weight excluding hydrogens is 254 g/mol. The maximum absolute atomic E-state index is 13.5. The molecule has 0 spiro atoms. The molecule has 1 aromatic carbocycles. The summed E-state index contributed by atoms with van der Waals surface area (Å²) in [5.41, 5.74) is -0.0535. The molecule has 0 aliphatic carbocycles. The average Bonchev–Trinajstić information content (AvgIpc) is 3.04. The quantitative estimate of drug-likeness (QED) is 0.857. The van der Waals surface area contributed by atoms with Crippen molar-refractivity contribution in [3.63, 3.8) is 0 Å². The van der Waals surface area contributed by atoms with Crippen LogP contribution in [-0.2, 0) is 11.2 Å². The van der Waals surface area contributed by atoms with Crippen LogP contribution < -0.4 is 0 Å². The third kappa shape index (κ3) is 2.49. The summed E-state index contributed by atoms with van der Waals surface area (Å²) < 4.78 is 37.5. The van der Waals surface area contributed by atoms with E-state index in [-0.39, 0.29) is 23.9 Å². The maximum Gasteiger partial charge on any atom is 0.255 e. The zero-order valence-corrected chi connectivity index (χ0v) is 10.1. The smallest absolute Gasteiger partial charge is 0.255 e. The molecule has 0 saturated carbocycles. The van der Waals surface area contributed by atoms with Crippen LogP contribution in [0.3, 0.4) is 0 Å². The minimum Gasteiger partial charge on any atom is -0.368 e. The number of aromatic nitrogens is 2. The van der Waals surface area contributed by atoms with E-state index < -0.39 is 11.6 Å². The summed E-state index contributed by atoms with van der Waals surface area (Å²) in [5, 5.41) is 3.74. The topological polar surface area (TPSA) is 48.2 Å². The van der Waals surface area contributed by atoms with Crippen molar-refractivity contribution in [2.75, 3.05) is 6.61 Å². The van der Waals surface area contributed by atoms with Gasteiger partial charge in [0.05, 0.1) is 0 Å². The van der Waals surface area contributed by atoms with Crippen LogP contribution in [0.15, 0.2) is 22.7 Å². The van der Waals surface area contributed by atoms with Gasteiger partial charge in [-0.3, -0.25) is 0 Å². The summed E-state index contributed by atoms with van der Waals surface area (Å²) in [4.78, 5) is 4.13. The summed E-state index contributed by atoms with van der Waals surface area (Å²) in [6.07, 6.45) is 1.56. The number of halogens is 2. The summed E-state index contributed by atoms with van der Waals surface area (Å²) in [6, 6.07) is 3.74. The lowest BCUT2D eigenvalue weighted by atomic mass is 10.1. The van der Waals surface area contributed by atoms with E-state index in [1.54, 1.807) is 0 Å². The lowest BCUT2D eigenvalue weighted by molar-refractivity contribution is 0.0835. The number of ether oxygens (including phenoxy) is 1. The summed E-state index contributed by atoms with van der Waals surface area (Å²) in [7, 11) is 0. The van der Waals surface area contributed by atoms with Crippen LogP contribution in [0.4, 0.5) is 8.78 Å². The van der Waals surface area contributed by atoms with Crippen molar-refractivity contribution >= 4 is 0 Å². The Labute approximate surface area is 108 Å². The third-order valence-corrected chi connectivity index (χ3v) is 3.09. The first-order valence-electron chi connectivity index (χ1n) is 6.11. The highest BCUT2D eigenvalue weighted by atomic mass is 19.1. The highest BCUT2D eigenvalue weighted by Gasteiger charge is 2.24. The van der Waals surface area contributed by atoms with Gasteiger partial charge in [-0.1, -0.05) is 11.2 Å². The van der Waals surface area contributed by atoms with E-state index in [2.05, 4.69) is 10.1 Å². The van der Waals surface area contributed by atoms with Crippen LogP contribution in [0, 0.1) is 11.6 Å². The van der Waals surface area contributed by atoms with Gasteiger partial charge >= 0.3 is 0 Å². The van der Waals surface area contributed by atoms with Gasteiger partial charge in [-0.05, 0) is 25.0 Å². The van der Waals surface area contributed by atoms with Crippen LogP contribution in [0.1, 0.15) is 36.2 Å². The second-order valence-corrected chi connectivity index (χ2v) is 4.43. The van der Waals surface area contributed by atoms with Gasteiger partial charge in [0.1, 0.15) is 17.7 Å². The number of hydrogen-bond acceptors (Lipinski definition) is 4. The van der Waals surface area contributed by atoms with Gasteiger partial charge in [-0.15, -0.1) is 0 Å². The largest absolute Gasteiger partial charge is 0.368 e. The van der Waals surface area contributed by atoms with Crippen molar-refractivity contribution < 1.29 is 18.0 Å². The van der Waals surface area contributed by atoms with Crippen molar-refractivity contribution in [3.8, 4) is 0 Å². The van der Waals surface area contributed by atoms with E-state index in [4.69, 9.17) is 9.26 Å². The van der Waals surface area contributed by atoms with E-state index in [9.17, 15) is 8.78 Å². The molecule has 0 radical (unpaired) electrons. The van der Waals surface area contributed by atoms with Gasteiger partial charge in [0, 0.05) is 18.6 Å². The van der Waals surface area contributed by atoms with Gasteiger partial charge in [0.15, 0.2) is 5.82 Å². The van der Waals surface area contributed by atoms with Crippen molar-refractivity contribution in [2.24, 2.45) is 0 Å². The van der Waals surface area contributed by atoms with Gasteiger partial charge in [0.2, 0.25) is 0 Å². The first kappa shape index (κ1) is 12.2. The molecule has 100 valence electrons. The van der Waals surface area contributed by atoms with E-state index in [0.717, 1.165) is 12.8 Å². The molecule has 0 N–H and O–H groups in total. The Kier molecular flexibility index (Phi) is 3.25. The fourth-order valence-corrected chi connectivity index (χ4v) is 2.10. The van der Waals surface area contributed by atoms with Crippen molar-refractivity contribution in [1.82, 2.24) is 10.1 Å². The number of nitrogens with zero attached hydrogens (tertiary/aromatic N) is 2. The number of hydrogen-bond donors (Lipinski definition) is 0. The zero-order chi connectivity index (χ0) is 13.2. The molecule has 1 unspecified atom stereocenters. The highest BCUT2D eigenvalue weighted by Crippen LogP contribution is 2.27. The first-order chi connectivity index (χ1) is 9.24. The number of benzene rings is 1. The van der Waals surface area contributed by atoms with Crippen LogP contribution in [-0.4, -0.2) is 16.7 Å². The molecule has 3 rings (SSSR count). The van der Waals surface area contributed by atoms with Gasteiger partial charge in [-0.2, -0.15) is 4.98 Å². The van der Waals surface area contributed by atoms with E-state index in [1.165, 1.54) is 18.2 Å². The second kappa shape index (κ2) is 5.05. The molecule has 1 aliphatic heterocycles. The van der Waals surface area contributed by atoms with E-state index in [0.29, 0.717) is 12.5 Å². The average molecular weight is 266 g/mol. The SMILES string of the molecule is Fc1cccc(F)c1Cc1noc(C2CCCO2)n1. The van der Waals surface area contributed by atoms with Gasteiger partial charge < -0.3 is 9.26 Å².